The van der Waals surface area contributed by atoms with Crippen molar-refractivity contribution >= 4 is 17.6 Å². The first-order valence-electron chi connectivity index (χ1n) is 8.55. The minimum Gasteiger partial charge on any atom is -0.475 e. The number of carboxylic acid groups (broad SMARTS) is 1. The van der Waals surface area contributed by atoms with Crippen molar-refractivity contribution in [1.29, 1.82) is 0 Å². The van der Waals surface area contributed by atoms with Crippen molar-refractivity contribution in [3.8, 4) is 0 Å². The number of rotatable bonds is 2. The van der Waals surface area contributed by atoms with Gasteiger partial charge in [-0.25, -0.2) is 4.79 Å². The van der Waals surface area contributed by atoms with E-state index in [-0.39, 0.29) is 5.41 Å². The first kappa shape index (κ1) is 18.7. The molecule has 0 bridgehead atoms. The van der Waals surface area contributed by atoms with Gasteiger partial charge >= 0.3 is 12.1 Å². The molecule has 5 nitrogen and oxygen atoms in total. The zero-order chi connectivity index (χ0) is 19.1. The number of fused-ring (bicyclic) bond motifs is 2. The second kappa shape index (κ2) is 6.57. The quantitative estimate of drug-likeness (QED) is 0.870. The molecule has 2 heterocycles. The number of benzene rings is 1. The van der Waals surface area contributed by atoms with Crippen LogP contribution in [0, 0.1) is 5.92 Å². The molecule has 1 unspecified atom stereocenters. The highest BCUT2D eigenvalue weighted by Gasteiger charge is 2.54. The summed E-state index contributed by atoms with van der Waals surface area (Å²) in [6.45, 7) is 2.84. The highest BCUT2D eigenvalue weighted by Crippen LogP contribution is 2.48. The number of likely N-dealkylation sites (N-methyl/N-ethyl adjacent to an activating group) is 1. The number of aliphatic carboxylic acids is 1. The fourth-order valence-corrected chi connectivity index (χ4v) is 3.73. The first-order chi connectivity index (χ1) is 12.1. The van der Waals surface area contributed by atoms with Crippen LogP contribution >= 0.6 is 0 Å². The van der Waals surface area contributed by atoms with Crippen LogP contribution in [0.15, 0.2) is 24.3 Å². The molecule has 0 aromatic heterocycles. The van der Waals surface area contributed by atoms with E-state index >= 15 is 0 Å². The van der Waals surface area contributed by atoms with Crippen molar-refractivity contribution in [2.45, 2.75) is 30.9 Å². The lowest BCUT2D eigenvalue weighted by molar-refractivity contribution is -0.192. The summed E-state index contributed by atoms with van der Waals surface area (Å²) in [6, 6.07) is 8.43. The van der Waals surface area contributed by atoms with Crippen molar-refractivity contribution in [3.63, 3.8) is 0 Å². The monoisotopic (exact) mass is 370 g/mol. The molecule has 1 aliphatic carbocycles. The van der Waals surface area contributed by atoms with E-state index in [9.17, 15) is 18.0 Å². The van der Waals surface area contributed by atoms with Gasteiger partial charge in [0.2, 0.25) is 5.91 Å². The fraction of sp³-hybridized carbons (Fsp3) is 0.556. The van der Waals surface area contributed by atoms with Gasteiger partial charge in [0.05, 0.1) is 5.41 Å². The Balaban J connectivity index is 0.000000242. The van der Waals surface area contributed by atoms with Crippen LogP contribution in [0.1, 0.15) is 24.8 Å². The minimum absolute atomic E-state index is 0.250. The van der Waals surface area contributed by atoms with Crippen molar-refractivity contribution in [3.05, 3.63) is 29.8 Å². The maximum Gasteiger partial charge on any atom is 0.490 e. The zero-order valence-corrected chi connectivity index (χ0v) is 14.4. The third kappa shape index (κ3) is 3.42. The van der Waals surface area contributed by atoms with Gasteiger partial charge in [0.25, 0.3) is 0 Å². The number of carbonyl (C=O) groups is 2. The lowest BCUT2D eigenvalue weighted by atomic mass is 9.81. The highest BCUT2D eigenvalue weighted by molar-refractivity contribution is 6.08. The maximum atomic E-state index is 13.0. The molecule has 3 aliphatic rings. The highest BCUT2D eigenvalue weighted by atomic mass is 19.4. The standard InChI is InChI=1S/C16H20N2O.C2HF3O2/c1-17-9-8-16(11-17)13-4-2-3-5-14(13)18(15(16)19)10-12-6-7-12;3-2(4,5)1(6)7/h2-5,12H,6-11H2,1H3;(H,6,7). The molecule has 2 aliphatic heterocycles. The third-order valence-corrected chi connectivity index (χ3v) is 5.21. The fourth-order valence-electron chi connectivity index (χ4n) is 3.73. The van der Waals surface area contributed by atoms with Gasteiger partial charge in [0.15, 0.2) is 0 Å². The summed E-state index contributed by atoms with van der Waals surface area (Å²) in [7, 11) is 2.12. The largest absolute Gasteiger partial charge is 0.490 e. The van der Waals surface area contributed by atoms with E-state index in [1.807, 2.05) is 0 Å². The molecular formula is C18H21F3N2O3. The van der Waals surface area contributed by atoms with Crippen molar-refractivity contribution in [2.24, 2.45) is 5.92 Å². The number of likely N-dealkylation sites (tertiary alicyclic amines) is 1. The third-order valence-electron chi connectivity index (χ3n) is 5.21. The molecule has 1 atom stereocenters. The number of amides is 1. The van der Waals surface area contributed by atoms with Gasteiger partial charge in [-0.2, -0.15) is 13.2 Å². The van der Waals surface area contributed by atoms with Crippen molar-refractivity contribution < 1.29 is 27.9 Å². The smallest absolute Gasteiger partial charge is 0.475 e. The topological polar surface area (TPSA) is 60.9 Å². The van der Waals surface area contributed by atoms with Crippen LogP contribution in [-0.4, -0.2) is 54.7 Å². The van der Waals surface area contributed by atoms with E-state index in [4.69, 9.17) is 9.90 Å². The Morgan fingerprint density at radius 3 is 2.42 bits per heavy atom. The summed E-state index contributed by atoms with van der Waals surface area (Å²) in [5.41, 5.74) is 2.19. The van der Waals surface area contributed by atoms with Gasteiger partial charge in [0, 0.05) is 18.8 Å². The summed E-state index contributed by atoms with van der Waals surface area (Å²) in [6.07, 6.45) is -1.53. The molecule has 4 rings (SSSR count). The maximum absolute atomic E-state index is 13.0. The van der Waals surface area contributed by atoms with Gasteiger partial charge in [-0.3, -0.25) is 4.79 Å². The summed E-state index contributed by atoms with van der Waals surface area (Å²) < 4.78 is 31.7. The van der Waals surface area contributed by atoms with Crippen LogP contribution in [0.2, 0.25) is 0 Å². The average Bonchev–Trinajstić information content (AvgIpc) is 3.27. The summed E-state index contributed by atoms with van der Waals surface area (Å²) in [4.78, 5) is 26.3. The molecule has 1 saturated carbocycles. The Labute approximate surface area is 149 Å². The molecule has 1 spiro atoms. The number of carbonyl (C=O) groups excluding carboxylic acids is 1. The number of para-hydroxylation sites is 1. The molecule has 0 radical (unpaired) electrons. The van der Waals surface area contributed by atoms with E-state index in [1.165, 1.54) is 24.1 Å². The molecule has 1 aromatic carbocycles. The lowest BCUT2D eigenvalue weighted by Crippen LogP contribution is -2.42. The SMILES string of the molecule is CN1CCC2(C1)C(=O)N(CC1CC1)c1ccccc12.O=C(O)C(F)(F)F. The molecular weight excluding hydrogens is 349 g/mol. The normalized spacial score (nSPS) is 25.2. The Morgan fingerprint density at radius 2 is 1.92 bits per heavy atom. The Bertz CT molecular complexity index is 718. The van der Waals surface area contributed by atoms with Crippen molar-refractivity contribution in [1.82, 2.24) is 4.90 Å². The minimum atomic E-state index is -5.08. The van der Waals surface area contributed by atoms with E-state index < -0.39 is 12.1 Å². The average molecular weight is 370 g/mol. The Morgan fingerprint density at radius 1 is 1.31 bits per heavy atom. The number of carboxylic acids is 1. The molecule has 142 valence electrons. The number of hydrogen-bond donors (Lipinski definition) is 1. The van der Waals surface area contributed by atoms with Crippen LogP contribution in [0.4, 0.5) is 18.9 Å². The summed E-state index contributed by atoms with van der Waals surface area (Å²) in [5.74, 6) is -1.66. The lowest BCUT2D eigenvalue weighted by Gasteiger charge is -2.23. The second-order valence-corrected chi connectivity index (χ2v) is 7.25. The van der Waals surface area contributed by atoms with E-state index in [1.54, 1.807) is 0 Å². The van der Waals surface area contributed by atoms with Crippen molar-refractivity contribution in [2.75, 3.05) is 31.6 Å². The first-order valence-corrected chi connectivity index (χ1v) is 8.55. The predicted molar refractivity (Wildman–Crippen MR) is 89.0 cm³/mol. The number of anilines is 1. The van der Waals surface area contributed by atoms with Gasteiger partial charge in [-0.15, -0.1) is 0 Å². The van der Waals surface area contributed by atoms with Crippen LogP contribution in [0.25, 0.3) is 0 Å². The van der Waals surface area contributed by atoms with Crippen LogP contribution in [-0.2, 0) is 15.0 Å². The zero-order valence-electron chi connectivity index (χ0n) is 14.4. The van der Waals surface area contributed by atoms with Crippen LogP contribution in [0.5, 0.6) is 0 Å². The van der Waals surface area contributed by atoms with E-state index in [2.05, 4.69) is 41.1 Å². The van der Waals surface area contributed by atoms with Gasteiger partial charge in [-0.1, -0.05) is 18.2 Å². The summed E-state index contributed by atoms with van der Waals surface area (Å²) in [5, 5.41) is 7.12. The molecule has 1 amide bonds. The molecule has 2 fully saturated rings. The summed E-state index contributed by atoms with van der Waals surface area (Å²) >= 11 is 0. The number of alkyl halides is 3. The molecule has 1 saturated heterocycles. The van der Waals surface area contributed by atoms with Gasteiger partial charge in [-0.05, 0) is 50.4 Å². The molecule has 1 N–H and O–H groups in total. The number of nitrogens with zero attached hydrogens (tertiary/aromatic N) is 2. The van der Waals surface area contributed by atoms with Gasteiger partial charge < -0.3 is 14.9 Å². The van der Waals surface area contributed by atoms with E-state index in [0.29, 0.717) is 5.91 Å². The van der Waals surface area contributed by atoms with E-state index in [0.717, 1.165) is 32.0 Å². The Kier molecular flexibility index (Phi) is 4.72. The molecule has 1 aromatic rings. The number of halogens is 3. The second-order valence-electron chi connectivity index (χ2n) is 7.25. The predicted octanol–water partition coefficient (Wildman–Crippen LogP) is 2.65. The Hall–Kier alpha value is -2.09. The number of hydrogen-bond acceptors (Lipinski definition) is 3. The molecule has 26 heavy (non-hydrogen) atoms. The molecule has 8 heteroatoms. The van der Waals surface area contributed by atoms with Crippen LogP contribution < -0.4 is 4.90 Å². The van der Waals surface area contributed by atoms with Crippen LogP contribution in [0.3, 0.4) is 0 Å². The van der Waals surface area contributed by atoms with Gasteiger partial charge in [0.1, 0.15) is 0 Å².